The molecule has 26 heavy (non-hydrogen) atoms. The van der Waals surface area contributed by atoms with E-state index in [4.69, 9.17) is 0 Å². The van der Waals surface area contributed by atoms with Crippen LogP contribution in [0.15, 0.2) is 88.9 Å². The van der Waals surface area contributed by atoms with Crippen molar-refractivity contribution in [1.29, 1.82) is 0 Å². The van der Waals surface area contributed by atoms with Gasteiger partial charge in [0.15, 0.2) is 0 Å². The minimum atomic E-state index is -0.0548. The van der Waals surface area contributed by atoms with Gasteiger partial charge >= 0.3 is 0 Å². The quantitative estimate of drug-likeness (QED) is 0.686. The van der Waals surface area contributed by atoms with Gasteiger partial charge in [0.2, 0.25) is 0 Å². The first-order chi connectivity index (χ1) is 12.7. The van der Waals surface area contributed by atoms with Crippen molar-refractivity contribution >= 4 is 23.4 Å². The molecule has 0 radical (unpaired) electrons. The van der Waals surface area contributed by atoms with Gasteiger partial charge in [-0.2, -0.15) is 0 Å². The Balaban J connectivity index is 1.49. The Morgan fingerprint density at radius 2 is 1.73 bits per heavy atom. The molecule has 0 fully saturated rings. The van der Waals surface area contributed by atoms with Gasteiger partial charge in [-0.25, -0.2) is 4.98 Å². The lowest BCUT2D eigenvalue weighted by molar-refractivity contribution is 0.0954. The van der Waals surface area contributed by atoms with Gasteiger partial charge in [-0.05, 0) is 48.5 Å². The van der Waals surface area contributed by atoms with E-state index in [0.717, 1.165) is 22.2 Å². The van der Waals surface area contributed by atoms with E-state index in [1.807, 2.05) is 67.7 Å². The Morgan fingerprint density at radius 3 is 2.42 bits per heavy atom. The van der Waals surface area contributed by atoms with Gasteiger partial charge in [0.25, 0.3) is 5.91 Å². The molecule has 1 heterocycles. The van der Waals surface area contributed by atoms with E-state index >= 15 is 0 Å². The minimum Gasteiger partial charge on any atom is -0.373 e. The summed E-state index contributed by atoms with van der Waals surface area (Å²) < 4.78 is 0. The fraction of sp³-hybridized carbons (Fsp3) is 0.143. The molecule has 0 bridgehead atoms. The van der Waals surface area contributed by atoms with Crippen molar-refractivity contribution in [3.05, 3.63) is 84.6 Å². The number of para-hydroxylation sites is 1. The molecule has 0 aliphatic heterocycles. The van der Waals surface area contributed by atoms with Gasteiger partial charge < -0.3 is 10.2 Å². The molecule has 3 aromatic rings. The molecule has 0 unspecified atom stereocenters. The molecule has 1 aromatic heterocycles. The minimum absolute atomic E-state index is 0.0548. The van der Waals surface area contributed by atoms with Crippen molar-refractivity contribution < 1.29 is 4.79 Å². The van der Waals surface area contributed by atoms with E-state index in [2.05, 4.69) is 27.3 Å². The summed E-state index contributed by atoms with van der Waals surface area (Å²) in [5, 5.41) is 3.91. The number of nitrogens with one attached hydrogen (secondary N) is 1. The summed E-state index contributed by atoms with van der Waals surface area (Å²) in [6, 6.07) is 23.5. The number of hydrogen-bond donors (Lipinski definition) is 1. The van der Waals surface area contributed by atoms with Crippen molar-refractivity contribution in [2.24, 2.45) is 0 Å². The first-order valence-corrected chi connectivity index (χ1v) is 9.27. The summed E-state index contributed by atoms with van der Waals surface area (Å²) in [6.07, 6.45) is 1.77. The SMILES string of the molecule is CN(CCNC(=O)c1ccc(Sc2ccccn2)cc1)c1ccccc1. The number of aromatic nitrogens is 1. The molecular formula is C21H21N3OS. The van der Waals surface area contributed by atoms with Gasteiger partial charge in [-0.15, -0.1) is 0 Å². The average Bonchev–Trinajstić information content (AvgIpc) is 2.70. The Morgan fingerprint density at radius 1 is 1.00 bits per heavy atom. The van der Waals surface area contributed by atoms with Crippen LogP contribution in [0.4, 0.5) is 5.69 Å². The second-order valence-corrected chi connectivity index (χ2v) is 6.90. The molecule has 2 aromatic carbocycles. The predicted octanol–water partition coefficient (Wildman–Crippen LogP) is 4.10. The number of rotatable bonds is 7. The summed E-state index contributed by atoms with van der Waals surface area (Å²) in [4.78, 5) is 19.8. The molecule has 0 atom stereocenters. The molecule has 0 spiro atoms. The topological polar surface area (TPSA) is 45.2 Å². The monoisotopic (exact) mass is 363 g/mol. The third-order valence-electron chi connectivity index (χ3n) is 3.91. The van der Waals surface area contributed by atoms with Gasteiger partial charge in [0, 0.05) is 42.5 Å². The van der Waals surface area contributed by atoms with Crippen LogP contribution in [-0.4, -0.2) is 31.0 Å². The van der Waals surface area contributed by atoms with Crippen LogP contribution < -0.4 is 10.2 Å². The van der Waals surface area contributed by atoms with Crippen LogP contribution in [0.5, 0.6) is 0 Å². The normalized spacial score (nSPS) is 10.3. The summed E-state index contributed by atoms with van der Waals surface area (Å²) in [6.45, 7) is 1.35. The number of pyridine rings is 1. The number of carbonyl (C=O) groups is 1. The molecular weight excluding hydrogens is 342 g/mol. The number of nitrogens with zero attached hydrogens (tertiary/aromatic N) is 2. The first kappa shape index (κ1) is 18.0. The molecule has 1 N–H and O–H groups in total. The zero-order valence-corrected chi connectivity index (χ0v) is 15.4. The highest BCUT2D eigenvalue weighted by Crippen LogP contribution is 2.25. The summed E-state index contributed by atoms with van der Waals surface area (Å²) in [7, 11) is 2.02. The molecule has 0 aliphatic carbocycles. The van der Waals surface area contributed by atoms with Crippen molar-refractivity contribution in [1.82, 2.24) is 10.3 Å². The van der Waals surface area contributed by atoms with Crippen molar-refractivity contribution in [2.75, 3.05) is 25.0 Å². The number of benzene rings is 2. The molecule has 0 saturated heterocycles. The molecule has 1 amide bonds. The van der Waals surface area contributed by atoms with Crippen molar-refractivity contribution in [3.8, 4) is 0 Å². The second-order valence-electron chi connectivity index (χ2n) is 5.81. The van der Waals surface area contributed by atoms with E-state index in [1.165, 1.54) is 0 Å². The molecule has 4 nitrogen and oxygen atoms in total. The fourth-order valence-electron chi connectivity index (χ4n) is 2.45. The van der Waals surface area contributed by atoms with Gasteiger partial charge in [0.05, 0.1) is 0 Å². The third kappa shape index (κ3) is 5.10. The highest BCUT2D eigenvalue weighted by Gasteiger charge is 2.07. The van der Waals surface area contributed by atoms with Crippen molar-refractivity contribution in [2.45, 2.75) is 9.92 Å². The van der Waals surface area contributed by atoms with Crippen LogP contribution in [0.1, 0.15) is 10.4 Å². The lowest BCUT2D eigenvalue weighted by atomic mass is 10.2. The number of anilines is 1. The highest BCUT2D eigenvalue weighted by atomic mass is 32.2. The first-order valence-electron chi connectivity index (χ1n) is 8.46. The predicted molar refractivity (Wildman–Crippen MR) is 107 cm³/mol. The number of amides is 1. The zero-order valence-electron chi connectivity index (χ0n) is 14.6. The molecule has 0 aliphatic rings. The standard InChI is InChI=1S/C21H21N3OS/c1-24(18-7-3-2-4-8-18)16-15-23-21(25)17-10-12-19(13-11-17)26-20-9-5-6-14-22-20/h2-14H,15-16H2,1H3,(H,23,25). The molecule has 5 heteroatoms. The summed E-state index contributed by atoms with van der Waals surface area (Å²) >= 11 is 1.58. The Hall–Kier alpha value is -2.79. The van der Waals surface area contributed by atoms with E-state index in [0.29, 0.717) is 12.1 Å². The molecule has 132 valence electrons. The second kappa shape index (κ2) is 9.06. The van der Waals surface area contributed by atoms with Crippen LogP contribution in [-0.2, 0) is 0 Å². The van der Waals surface area contributed by atoms with Gasteiger partial charge in [0.1, 0.15) is 5.03 Å². The Labute approximate surface area is 158 Å². The molecule has 3 rings (SSSR count). The Bertz CT molecular complexity index is 823. The van der Waals surface area contributed by atoms with Gasteiger partial charge in [-0.3, -0.25) is 4.79 Å². The lowest BCUT2D eigenvalue weighted by Gasteiger charge is -2.19. The summed E-state index contributed by atoms with van der Waals surface area (Å²) in [5.74, 6) is -0.0548. The molecule has 0 saturated carbocycles. The largest absolute Gasteiger partial charge is 0.373 e. The summed E-state index contributed by atoms with van der Waals surface area (Å²) in [5.41, 5.74) is 1.80. The van der Waals surface area contributed by atoms with E-state index in [9.17, 15) is 4.79 Å². The van der Waals surface area contributed by atoms with Crippen LogP contribution in [0.3, 0.4) is 0 Å². The number of likely N-dealkylation sites (N-methyl/N-ethyl adjacent to an activating group) is 1. The van der Waals surface area contributed by atoms with E-state index in [-0.39, 0.29) is 5.91 Å². The van der Waals surface area contributed by atoms with Crippen LogP contribution in [0.25, 0.3) is 0 Å². The number of hydrogen-bond acceptors (Lipinski definition) is 4. The smallest absolute Gasteiger partial charge is 0.251 e. The zero-order chi connectivity index (χ0) is 18.2. The van der Waals surface area contributed by atoms with Crippen LogP contribution >= 0.6 is 11.8 Å². The maximum absolute atomic E-state index is 12.3. The van der Waals surface area contributed by atoms with Gasteiger partial charge in [-0.1, -0.05) is 36.0 Å². The highest BCUT2D eigenvalue weighted by molar-refractivity contribution is 7.99. The third-order valence-corrected chi connectivity index (χ3v) is 4.86. The fourth-order valence-corrected chi connectivity index (χ4v) is 3.23. The van der Waals surface area contributed by atoms with Crippen LogP contribution in [0.2, 0.25) is 0 Å². The van der Waals surface area contributed by atoms with E-state index < -0.39 is 0 Å². The number of carbonyl (C=O) groups excluding carboxylic acids is 1. The lowest BCUT2D eigenvalue weighted by Crippen LogP contribution is -2.32. The maximum Gasteiger partial charge on any atom is 0.251 e. The van der Waals surface area contributed by atoms with Crippen LogP contribution in [0, 0.1) is 0 Å². The van der Waals surface area contributed by atoms with Crippen molar-refractivity contribution in [3.63, 3.8) is 0 Å². The average molecular weight is 363 g/mol. The Kier molecular flexibility index (Phi) is 6.28. The van der Waals surface area contributed by atoms with E-state index in [1.54, 1.807) is 18.0 Å². The maximum atomic E-state index is 12.3.